The lowest BCUT2D eigenvalue weighted by Crippen LogP contribution is -2.30. The zero-order valence-electron chi connectivity index (χ0n) is 7.70. The van der Waals surface area contributed by atoms with Crippen LogP contribution in [0.4, 0.5) is 0 Å². The second kappa shape index (κ2) is 4.61. The molecule has 3 heteroatoms. The summed E-state index contributed by atoms with van der Waals surface area (Å²) in [7, 11) is 0. The van der Waals surface area contributed by atoms with Crippen molar-refractivity contribution in [1.82, 2.24) is 0 Å². The maximum Gasteiger partial charge on any atom is 0.0406 e. The SMILES string of the molecule is CC(N)C(CN)c1ccc(Cl)cc1. The highest BCUT2D eigenvalue weighted by Gasteiger charge is 2.13. The summed E-state index contributed by atoms with van der Waals surface area (Å²) in [4.78, 5) is 0. The van der Waals surface area contributed by atoms with E-state index in [9.17, 15) is 0 Å². The molecule has 0 heterocycles. The van der Waals surface area contributed by atoms with E-state index >= 15 is 0 Å². The average Bonchev–Trinajstić information content (AvgIpc) is 2.09. The van der Waals surface area contributed by atoms with Crippen LogP contribution in [0, 0.1) is 0 Å². The van der Waals surface area contributed by atoms with Crippen LogP contribution < -0.4 is 11.5 Å². The van der Waals surface area contributed by atoms with Gasteiger partial charge in [-0.15, -0.1) is 0 Å². The van der Waals surface area contributed by atoms with Crippen LogP contribution in [0.5, 0.6) is 0 Å². The van der Waals surface area contributed by atoms with Crippen molar-refractivity contribution < 1.29 is 0 Å². The van der Waals surface area contributed by atoms with Crippen LogP contribution in [0.1, 0.15) is 18.4 Å². The van der Waals surface area contributed by atoms with Gasteiger partial charge in [-0.25, -0.2) is 0 Å². The lowest BCUT2D eigenvalue weighted by Gasteiger charge is -2.18. The third kappa shape index (κ3) is 2.69. The topological polar surface area (TPSA) is 52.0 Å². The normalized spacial score (nSPS) is 15.4. The van der Waals surface area contributed by atoms with Crippen molar-refractivity contribution >= 4 is 11.6 Å². The summed E-state index contributed by atoms with van der Waals surface area (Å²) in [6.45, 7) is 2.53. The van der Waals surface area contributed by atoms with Gasteiger partial charge in [0, 0.05) is 23.5 Å². The standard InChI is InChI=1S/C10H15ClN2/c1-7(13)10(6-12)8-2-4-9(11)5-3-8/h2-5,7,10H,6,12-13H2,1H3. The van der Waals surface area contributed by atoms with Crippen LogP contribution in [0.2, 0.25) is 5.02 Å². The Morgan fingerprint density at radius 3 is 2.23 bits per heavy atom. The van der Waals surface area contributed by atoms with E-state index in [0.717, 1.165) is 10.6 Å². The summed E-state index contributed by atoms with van der Waals surface area (Å²) in [6.07, 6.45) is 0. The summed E-state index contributed by atoms with van der Waals surface area (Å²) < 4.78 is 0. The maximum absolute atomic E-state index is 5.80. The first kappa shape index (κ1) is 10.5. The third-order valence-corrected chi connectivity index (χ3v) is 2.44. The van der Waals surface area contributed by atoms with Gasteiger partial charge < -0.3 is 11.5 Å². The van der Waals surface area contributed by atoms with Crippen molar-refractivity contribution in [1.29, 1.82) is 0 Å². The Morgan fingerprint density at radius 1 is 1.31 bits per heavy atom. The van der Waals surface area contributed by atoms with Crippen LogP contribution in [0.15, 0.2) is 24.3 Å². The smallest absolute Gasteiger partial charge is 0.0406 e. The van der Waals surface area contributed by atoms with E-state index in [0.29, 0.717) is 6.54 Å². The van der Waals surface area contributed by atoms with Gasteiger partial charge in [-0.2, -0.15) is 0 Å². The molecular formula is C10H15ClN2. The lowest BCUT2D eigenvalue weighted by atomic mass is 9.93. The lowest BCUT2D eigenvalue weighted by molar-refractivity contribution is 0.577. The van der Waals surface area contributed by atoms with Crippen LogP contribution in [0.3, 0.4) is 0 Å². The quantitative estimate of drug-likeness (QED) is 0.778. The van der Waals surface area contributed by atoms with E-state index in [1.165, 1.54) is 0 Å². The molecule has 13 heavy (non-hydrogen) atoms. The fourth-order valence-corrected chi connectivity index (χ4v) is 1.49. The van der Waals surface area contributed by atoms with Crippen LogP contribution in [0.25, 0.3) is 0 Å². The molecule has 0 saturated carbocycles. The molecule has 0 radical (unpaired) electrons. The summed E-state index contributed by atoms with van der Waals surface area (Å²) in [5.41, 5.74) is 12.6. The monoisotopic (exact) mass is 198 g/mol. The van der Waals surface area contributed by atoms with Crippen LogP contribution >= 0.6 is 11.6 Å². The molecule has 4 N–H and O–H groups in total. The fourth-order valence-electron chi connectivity index (χ4n) is 1.36. The van der Waals surface area contributed by atoms with Crippen LogP contribution in [-0.2, 0) is 0 Å². The van der Waals surface area contributed by atoms with Gasteiger partial charge in [0.2, 0.25) is 0 Å². The Labute approximate surface area is 83.9 Å². The molecule has 1 rings (SSSR count). The van der Waals surface area contributed by atoms with Crippen molar-refractivity contribution in [3.63, 3.8) is 0 Å². The van der Waals surface area contributed by atoms with Gasteiger partial charge in [-0.3, -0.25) is 0 Å². The Hall–Kier alpha value is -0.570. The maximum atomic E-state index is 5.80. The van der Waals surface area contributed by atoms with Gasteiger partial charge in [0.05, 0.1) is 0 Å². The molecule has 2 atom stereocenters. The second-order valence-electron chi connectivity index (χ2n) is 3.25. The van der Waals surface area contributed by atoms with Gasteiger partial charge >= 0.3 is 0 Å². The summed E-state index contributed by atoms with van der Waals surface area (Å²) in [5.74, 6) is 0.220. The Kier molecular flexibility index (Phi) is 3.72. The van der Waals surface area contributed by atoms with E-state index in [4.69, 9.17) is 23.1 Å². The van der Waals surface area contributed by atoms with Crippen molar-refractivity contribution in [2.45, 2.75) is 18.9 Å². The predicted molar refractivity (Wildman–Crippen MR) is 56.9 cm³/mol. The Balaban J connectivity index is 2.86. The molecule has 0 saturated heterocycles. The van der Waals surface area contributed by atoms with Gasteiger partial charge in [-0.1, -0.05) is 23.7 Å². The summed E-state index contributed by atoms with van der Waals surface area (Å²) in [5, 5.41) is 0.740. The molecule has 0 aromatic heterocycles. The highest BCUT2D eigenvalue weighted by atomic mass is 35.5. The van der Waals surface area contributed by atoms with E-state index in [-0.39, 0.29) is 12.0 Å². The molecule has 2 nitrogen and oxygen atoms in total. The molecule has 0 spiro atoms. The van der Waals surface area contributed by atoms with Gasteiger partial charge in [0.25, 0.3) is 0 Å². The highest BCUT2D eigenvalue weighted by Crippen LogP contribution is 2.19. The van der Waals surface area contributed by atoms with E-state index in [1.54, 1.807) is 0 Å². The zero-order chi connectivity index (χ0) is 9.84. The minimum atomic E-state index is 0.0752. The Bertz CT molecular complexity index is 256. The number of nitrogens with two attached hydrogens (primary N) is 2. The van der Waals surface area contributed by atoms with Crippen molar-refractivity contribution in [3.05, 3.63) is 34.9 Å². The molecule has 0 bridgehead atoms. The molecule has 0 aliphatic rings. The van der Waals surface area contributed by atoms with Crippen molar-refractivity contribution in [2.75, 3.05) is 6.54 Å². The van der Waals surface area contributed by atoms with Crippen LogP contribution in [-0.4, -0.2) is 12.6 Å². The molecule has 0 aliphatic carbocycles. The highest BCUT2D eigenvalue weighted by molar-refractivity contribution is 6.30. The largest absolute Gasteiger partial charge is 0.330 e. The molecule has 0 amide bonds. The molecule has 1 aromatic carbocycles. The Morgan fingerprint density at radius 2 is 1.85 bits per heavy atom. The summed E-state index contributed by atoms with van der Waals surface area (Å²) >= 11 is 5.78. The summed E-state index contributed by atoms with van der Waals surface area (Å²) in [6, 6.07) is 7.75. The number of hydrogen-bond donors (Lipinski definition) is 2. The molecule has 1 aromatic rings. The van der Waals surface area contributed by atoms with Gasteiger partial charge in [-0.05, 0) is 24.6 Å². The first-order valence-corrected chi connectivity index (χ1v) is 4.74. The molecule has 72 valence electrons. The molecule has 0 fully saturated rings. The minimum Gasteiger partial charge on any atom is -0.330 e. The average molecular weight is 199 g/mol. The number of halogens is 1. The molecular weight excluding hydrogens is 184 g/mol. The first-order valence-electron chi connectivity index (χ1n) is 4.36. The fraction of sp³-hybridized carbons (Fsp3) is 0.400. The van der Waals surface area contributed by atoms with Gasteiger partial charge in [0.1, 0.15) is 0 Å². The predicted octanol–water partition coefficient (Wildman–Crippen LogP) is 1.73. The number of rotatable bonds is 3. The van der Waals surface area contributed by atoms with Crippen molar-refractivity contribution in [3.8, 4) is 0 Å². The van der Waals surface area contributed by atoms with Gasteiger partial charge in [0.15, 0.2) is 0 Å². The minimum absolute atomic E-state index is 0.0752. The van der Waals surface area contributed by atoms with E-state index < -0.39 is 0 Å². The number of hydrogen-bond acceptors (Lipinski definition) is 2. The van der Waals surface area contributed by atoms with E-state index in [1.807, 2.05) is 31.2 Å². The third-order valence-electron chi connectivity index (χ3n) is 2.19. The van der Waals surface area contributed by atoms with E-state index in [2.05, 4.69) is 0 Å². The second-order valence-corrected chi connectivity index (χ2v) is 3.69. The van der Waals surface area contributed by atoms with Crippen molar-refractivity contribution in [2.24, 2.45) is 11.5 Å². The number of benzene rings is 1. The molecule has 0 aliphatic heterocycles. The first-order chi connectivity index (χ1) is 6.15. The zero-order valence-corrected chi connectivity index (χ0v) is 8.46. The molecule has 2 unspecified atom stereocenters.